The molecular weight excluding hydrogens is 602 g/mol. The lowest BCUT2D eigenvalue weighted by Gasteiger charge is -2.36. The molecule has 3 amide bonds. The van der Waals surface area contributed by atoms with E-state index in [9.17, 15) is 19.2 Å². The average Bonchev–Trinajstić information content (AvgIpc) is 2.94. The quantitative estimate of drug-likeness (QED) is 0.126. The van der Waals surface area contributed by atoms with Gasteiger partial charge in [-0.2, -0.15) is 12.6 Å². The highest BCUT2D eigenvalue weighted by atomic mass is 32.1. The maximum absolute atomic E-state index is 14.5. The summed E-state index contributed by atoms with van der Waals surface area (Å²) in [5, 5.41) is 5.59. The summed E-state index contributed by atoms with van der Waals surface area (Å²) >= 11 is 4.38. The first kappa shape index (κ1) is 38.7. The standard InChI is InChI=1S/C36H53N3O6S/c1-10-11-15-20-39(32(41)29(23-46)38-34(43)45-36(7,8)9)30(27-19-18-24(2)21-25(27)3)31(40)37-28(33(42)44-35(4,5)6)22-26-16-13-12-14-17-26/h12-14,16-19,21,28-30,46H,10-11,15,20,22-23H2,1-9H3,(H,37,40)(H,38,43). The summed E-state index contributed by atoms with van der Waals surface area (Å²) in [7, 11) is 0. The van der Waals surface area contributed by atoms with Crippen LogP contribution < -0.4 is 10.6 Å². The van der Waals surface area contributed by atoms with Crippen molar-refractivity contribution in [1.82, 2.24) is 15.5 Å². The van der Waals surface area contributed by atoms with Gasteiger partial charge in [0.05, 0.1) is 0 Å². The topological polar surface area (TPSA) is 114 Å². The first-order valence-corrected chi connectivity index (χ1v) is 16.6. The highest BCUT2D eigenvalue weighted by molar-refractivity contribution is 7.80. The van der Waals surface area contributed by atoms with Crippen LogP contribution in [0.3, 0.4) is 0 Å². The number of nitrogens with one attached hydrogen (secondary N) is 2. The number of amides is 3. The van der Waals surface area contributed by atoms with Crippen molar-refractivity contribution in [1.29, 1.82) is 0 Å². The van der Waals surface area contributed by atoms with Gasteiger partial charge < -0.3 is 25.0 Å². The predicted molar refractivity (Wildman–Crippen MR) is 185 cm³/mol. The molecule has 254 valence electrons. The van der Waals surface area contributed by atoms with Gasteiger partial charge in [0.15, 0.2) is 0 Å². The number of hydrogen-bond acceptors (Lipinski definition) is 7. The number of thiol groups is 1. The van der Waals surface area contributed by atoms with Gasteiger partial charge in [-0.25, -0.2) is 9.59 Å². The Balaban J connectivity index is 2.61. The molecular formula is C36H53N3O6S. The zero-order chi connectivity index (χ0) is 34.7. The van der Waals surface area contributed by atoms with Crippen LogP contribution in [0.2, 0.25) is 0 Å². The normalized spacial score (nSPS) is 13.6. The predicted octanol–water partition coefficient (Wildman–Crippen LogP) is 6.26. The summed E-state index contributed by atoms with van der Waals surface area (Å²) in [4.78, 5) is 56.5. The zero-order valence-corrected chi connectivity index (χ0v) is 29.8. The lowest BCUT2D eigenvalue weighted by Crippen LogP contribution is -2.55. The molecule has 10 heteroatoms. The minimum absolute atomic E-state index is 0.0158. The van der Waals surface area contributed by atoms with Gasteiger partial charge >= 0.3 is 12.1 Å². The van der Waals surface area contributed by atoms with Crippen LogP contribution in [-0.4, -0.2) is 64.4 Å². The van der Waals surface area contributed by atoms with Gasteiger partial charge in [-0.3, -0.25) is 9.59 Å². The average molecular weight is 656 g/mol. The molecule has 2 N–H and O–H groups in total. The highest BCUT2D eigenvalue weighted by Crippen LogP contribution is 2.28. The molecule has 0 saturated carbocycles. The van der Waals surface area contributed by atoms with E-state index in [2.05, 4.69) is 30.2 Å². The van der Waals surface area contributed by atoms with Gasteiger partial charge in [0.2, 0.25) is 11.8 Å². The summed E-state index contributed by atoms with van der Waals surface area (Å²) < 4.78 is 11.1. The second-order valence-corrected chi connectivity index (χ2v) is 14.0. The third-order valence-corrected chi connectivity index (χ3v) is 7.39. The number of aryl methyl sites for hydroxylation is 2. The van der Waals surface area contributed by atoms with E-state index in [4.69, 9.17) is 9.47 Å². The second-order valence-electron chi connectivity index (χ2n) is 13.7. The summed E-state index contributed by atoms with van der Waals surface area (Å²) in [5.74, 6) is -1.60. The van der Waals surface area contributed by atoms with Crippen molar-refractivity contribution >= 4 is 36.5 Å². The van der Waals surface area contributed by atoms with E-state index in [1.807, 2.05) is 62.4 Å². The van der Waals surface area contributed by atoms with Crippen LogP contribution in [0.1, 0.15) is 96.0 Å². The molecule has 0 saturated heterocycles. The van der Waals surface area contributed by atoms with E-state index in [0.29, 0.717) is 12.0 Å². The van der Waals surface area contributed by atoms with Gasteiger partial charge in [0.25, 0.3) is 0 Å². The molecule has 0 radical (unpaired) electrons. The first-order valence-electron chi connectivity index (χ1n) is 16.0. The largest absolute Gasteiger partial charge is 0.458 e. The molecule has 0 bridgehead atoms. The number of esters is 1. The molecule has 2 rings (SSSR count). The molecule has 0 fully saturated rings. The SMILES string of the molecule is CCCCCN(C(=O)C(CS)NC(=O)OC(C)(C)C)C(C(=O)NC(Cc1ccccc1)C(=O)OC(C)(C)C)c1ccc(C)cc1C. The Morgan fingerprint density at radius 1 is 0.848 bits per heavy atom. The third kappa shape index (κ3) is 12.7. The van der Waals surface area contributed by atoms with Crippen LogP contribution >= 0.6 is 12.6 Å². The highest BCUT2D eigenvalue weighted by Gasteiger charge is 2.38. The molecule has 2 aromatic carbocycles. The van der Waals surface area contributed by atoms with Crippen molar-refractivity contribution in [3.05, 3.63) is 70.8 Å². The molecule has 9 nitrogen and oxygen atoms in total. The van der Waals surface area contributed by atoms with Crippen molar-refractivity contribution in [2.45, 2.75) is 117 Å². The Morgan fingerprint density at radius 3 is 2.02 bits per heavy atom. The smallest absolute Gasteiger partial charge is 0.408 e. The lowest BCUT2D eigenvalue weighted by molar-refractivity contribution is -0.159. The van der Waals surface area contributed by atoms with Crippen molar-refractivity contribution < 1.29 is 28.7 Å². The van der Waals surface area contributed by atoms with Crippen LogP contribution in [0.4, 0.5) is 4.79 Å². The summed E-state index contributed by atoms with van der Waals surface area (Å²) in [6, 6.07) is 11.9. The fraction of sp³-hybridized carbons (Fsp3) is 0.556. The maximum atomic E-state index is 14.5. The van der Waals surface area contributed by atoms with E-state index in [0.717, 1.165) is 29.5 Å². The molecule has 0 heterocycles. The number of hydrogen-bond donors (Lipinski definition) is 3. The Bertz CT molecular complexity index is 1320. The Morgan fingerprint density at radius 2 is 1.48 bits per heavy atom. The first-order chi connectivity index (χ1) is 21.5. The van der Waals surface area contributed by atoms with Crippen molar-refractivity contribution in [3.63, 3.8) is 0 Å². The number of benzene rings is 2. The van der Waals surface area contributed by atoms with Gasteiger partial charge in [-0.1, -0.05) is 73.9 Å². The molecule has 0 aromatic heterocycles. The molecule has 0 aliphatic heterocycles. The Hall–Kier alpha value is -3.53. The van der Waals surface area contributed by atoms with Gasteiger partial charge in [-0.05, 0) is 78.5 Å². The summed E-state index contributed by atoms with van der Waals surface area (Å²) in [6.07, 6.45) is 1.79. The van der Waals surface area contributed by atoms with E-state index in [1.165, 1.54) is 4.90 Å². The van der Waals surface area contributed by atoms with Gasteiger partial charge in [0.1, 0.15) is 29.3 Å². The van der Waals surface area contributed by atoms with Gasteiger partial charge in [0, 0.05) is 18.7 Å². The zero-order valence-electron chi connectivity index (χ0n) is 28.9. The Kier molecular flexibility index (Phi) is 14.6. The summed E-state index contributed by atoms with van der Waals surface area (Å²) in [6.45, 7) is 16.7. The number of ether oxygens (including phenoxy) is 2. The number of unbranched alkanes of at least 4 members (excludes halogenated alkanes) is 2. The second kappa shape index (κ2) is 17.4. The molecule has 0 aliphatic rings. The molecule has 0 aliphatic carbocycles. The number of carbonyl (C=O) groups excluding carboxylic acids is 4. The van der Waals surface area contributed by atoms with Crippen LogP contribution in [0.5, 0.6) is 0 Å². The summed E-state index contributed by atoms with van der Waals surface area (Å²) in [5.41, 5.74) is 1.72. The molecule has 2 aromatic rings. The van der Waals surface area contributed by atoms with Crippen LogP contribution in [-0.2, 0) is 30.3 Å². The molecule has 0 spiro atoms. The fourth-order valence-electron chi connectivity index (χ4n) is 4.98. The molecule has 46 heavy (non-hydrogen) atoms. The van der Waals surface area contributed by atoms with Crippen molar-refractivity contribution in [2.75, 3.05) is 12.3 Å². The van der Waals surface area contributed by atoms with Crippen LogP contribution in [0, 0.1) is 13.8 Å². The number of rotatable bonds is 14. The lowest BCUT2D eigenvalue weighted by atomic mass is 9.95. The minimum atomic E-state index is -1.10. The molecule has 3 unspecified atom stereocenters. The van der Waals surface area contributed by atoms with E-state index >= 15 is 0 Å². The van der Waals surface area contributed by atoms with Crippen LogP contribution in [0.15, 0.2) is 48.5 Å². The van der Waals surface area contributed by atoms with Crippen molar-refractivity contribution in [2.24, 2.45) is 0 Å². The van der Waals surface area contributed by atoms with E-state index < -0.39 is 53.2 Å². The molecule has 3 atom stereocenters. The van der Waals surface area contributed by atoms with E-state index in [1.54, 1.807) is 41.5 Å². The minimum Gasteiger partial charge on any atom is -0.458 e. The van der Waals surface area contributed by atoms with Crippen LogP contribution in [0.25, 0.3) is 0 Å². The maximum Gasteiger partial charge on any atom is 0.408 e. The van der Waals surface area contributed by atoms with Crippen molar-refractivity contribution in [3.8, 4) is 0 Å². The monoisotopic (exact) mass is 655 g/mol. The van der Waals surface area contributed by atoms with Gasteiger partial charge in [-0.15, -0.1) is 0 Å². The number of carbonyl (C=O) groups is 4. The third-order valence-electron chi connectivity index (χ3n) is 7.03. The number of alkyl carbamates (subject to hydrolysis) is 1. The Labute approximate surface area is 280 Å². The van der Waals surface area contributed by atoms with E-state index in [-0.39, 0.29) is 18.7 Å². The fourth-order valence-corrected chi connectivity index (χ4v) is 5.23. The number of nitrogens with zero attached hydrogens (tertiary/aromatic N) is 1.